The zero-order valence-corrected chi connectivity index (χ0v) is 17.0. The van der Waals surface area contributed by atoms with Gasteiger partial charge in [0.15, 0.2) is 0 Å². The summed E-state index contributed by atoms with van der Waals surface area (Å²) in [6, 6.07) is 20.2. The van der Waals surface area contributed by atoms with Crippen LogP contribution < -0.4 is 5.73 Å². The molecule has 0 aliphatic heterocycles. The van der Waals surface area contributed by atoms with E-state index in [-0.39, 0.29) is 17.0 Å². The fourth-order valence-electron chi connectivity index (χ4n) is 2.95. The Labute approximate surface area is 179 Å². The van der Waals surface area contributed by atoms with Crippen molar-refractivity contribution in [1.29, 1.82) is 5.41 Å². The molecule has 150 valence electrons. The number of nitrogens with zero attached hydrogens (tertiary/aromatic N) is 1. The summed E-state index contributed by atoms with van der Waals surface area (Å²) in [6.07, 6.45) is 0. The molecule has 0 saturated carbocycles. The van der Waals surface area contributed by atoms with E-state index in [1.165, 1.54) is 18.2 Å². The Kier molecular flexibility index (Phi) is 6.51. The molecule has 3 aromatic carbocycles. The van der Waals surface area contributed by atoms with E-state index in [0.717, 1.165) is 11.1 Å². The molecule has 0 radical (unpaired) electrons. The van der Waals surface area contributed by atoms with Gasteiger partial charge < -0.3 is 10.6 Å². The van der Waals surface area contributed by atoms with Crippen molar-refractivity contribution in [2.45, 2.75) is 6.04 Å². The number of hydrogen-bond acceptors (Lipinski definition) is 2. The van der Waals surface area contributed by atoms with Gasteiger partial charge in [0, 0.05) is 17.6 Å². The number of nitrogens with one attached hydrogen (secondary N) is 1. The van der Waals surface area contributed by atoms with E-state index < -0.39 is 17.8 Å². The summed E-state index contributed by atoms with van der Waals surface area (Å²) in [6.45, 7) is 0. The van der Waals surface area contributed by atoms with Crippen molar-refractivity contribution >= 4 is 23.3 Å². The second-order valence-electron chi connectivity index (χ2n) is 6.58. The molecule has 0 aliphatic rings. The fourth-order valence-corrected chi connectivity index (χ4v) is 3.07. The molecule has 3 rings (SSSR count). The van der Waals surface area contributed by atoms with Crippen molar-refractivity contribution < 1.29 is 9.18 Å². The van der Waals surface area contributed by atoms with Gasteiger partial charge in [0.2, 0.25) is 0 Å². The first-order valence-corrected chi connectivity index (χ1v) is 9.48. The van der Waals surface area contributed by atoms with Crippen molar-refractivity contribution in [3.05, 3.63) is 106 Å². The first-order valence-electron chi connectivity index (χ1n) is 9.10. The quantitative estimate of drug-likeness (QED) is 0.368. The number of amidine groups is 1. The molecule has 0 fully saturated rings. The maximum atomic E-state index is 14.8. The molecule has 4 nitrogen and oxygen atoms in total. The summed E-state index contributed by atoms with van der Waals surface area (Å²) in [4.78, 5) is 13.0. The van der Waals surface area contributed by atoms with Gasteiger partial charge in [-0.05, 0) is 42.0 Å². The molecule has 3 aromatic rings. The van der Waals surface area contributed by atoms with Gasteiger partial charge in [-0.2, -0.15) is 0 Å². The van der Waals surface area contributed by atoms with E-state index in [0.29, 0.717) is 5.02 Å². The molecule has 0 aromatic heterocycles. The minimum Gasteiger partial charge on any atom is -0.366 e. The minimum atomic E-state index is -0.886. The van der Waals surface area contributed by atoms with Gasteiger partial charge in [-0.25, -0.2) is 4.39 Å². The summed E-state index contributed by atoms with van der Waals surface area (Å²) >= 11 is 6.01. The van der Waals surface area contributed by atoms with E-state index >= 15 is 0 Å². The second kappa shape index (κ2) is 9.25. The zero-order chi connectivity index (χ0) is 21.7. The highest BCUT2D eigenvalue weighted by molar-refractivity contribution is 6.30. The number of primary amides is 1. The van der Waals surface area contributed by atoms with Crippen molar-refractivity contribution in [3.63, 3.8) is 0 Å². The third-order valence-electron chi connectivity index (χ3n) is 4.57. The van der Waals surface area contributed by atoms with Crippen molar-refractivity contribution in [3.8, 4) is 11.8 Å². The van der Waals surface area contributed by atoms with E-state index in [9.17, 15) is 9.18 Å². The number of nitrogens with two attached hydrogens (primary N) is 1. The highest BCUT2D eigenvalue weighted by Crippen LogP contribution is 2.24. The van der Waals surface area contributed by atoms with E-state index in [4.69, 9.17) is 22.7 Å². The molecule has 0 bridgehead atoms. The lowest BCUT2D eigenvalue weighted by molar-refractivity contribution is 0.0996. The molecule has 1 amide bonds. The smallest absolute Gasteiger partial charge is 0.251 e. The number of hydrogen-bond donors (Lipinski definition) is 2. The molecule has 1 atom stereocenters. The number of carbonyl (C=O) groups excluding carboxylic acids is 1. The highest BCUT2D eigenvalue weighted by atomic mass is 35.5. The Balaban J connectivity index is 2.02. The maximum absolute atomic E-state index is 14.8. The normalized spacial score (nSPS) is 11.2. The van der Waals surface area contributed by atoms with Gasteiger partial charge >= 0.3 is 0 Å². The lowest BCUT2D eigenvalue weighted by Gasteiger charge is -2.27. The molecule has 0 spiro atoms. The SMILES string of the molecule is CN(C(=N)c1cccc(C(N)=O)c1F)C(C#Cc1ccccc1)c1ccc(Cl)cc1. The molecule has 3 N–H and O–H groups in total. The summed E-state index contributed by atoms with van der Waals surface area (Å²) in [5, 5.41) is 9.13. The van der Waals surface area contributed by atoms with Crippen LogP contribution >= 0.6 is 11.6 Å². The summed E-state index contributed by atoms with van der Waals surface area (Å²) in [7, 11) is 1.65. The standard InChI is InChI=1S/C24H19ClFN3O/c1-29(23(27)19-8-5-9-20(22(19)26)24(28)30)21(17-11-13-18(25)14-12-17)15-10-16-6-3-2-4-7-16/h2-9,11-14,21,27H,1H3,(H2,28,30). The molecular formula is C24H19ClFN3O. The Bertz CT molecular complexity index is 1130. The Morgan fingerprint density at radius 1 is 1.03 bits per heavy atom. The van der Waals surface area contributed by atoms with Crippen LogP contribution in [0.4, 0.5) is 4.39 Å². The number of amides is 1. The minimum absolute atomic E-state index is 0.0331. The molecular weight excluding hydrogens is 401 g/mol. The van der Waals surface area contributed by atoms with Crippen LogP contribution in [0.2, 0.25) is 5.02 Å². The number of rotatable bonds is 4. The van der Waals surface area contributed by atoms with Crippen molar-refractivity contribution in [2.75, 3.05) is 7.05 Å². The van der Waals surface area contributed by atoms with E-state index in [1.54, 1.807) is 24.1 Å². The van der Waals surface area contributed by atoms with Gasteiger partial charge in [0.25, 0.3) is 5.91 Å². The van der Waals surface area contributed by atoms with Crippen molar-refractivity contribution in [2.24, 2.45) is 5.73 Å². The van der Waals surface area contributed by atoms with Crippen LogP contribution in [0.25, 0.3) is 0 Å². The predicted octanol–water partition coefficient (Wildman–Crippen LogP) is 4.63. The Morgan fingerprint density at radius 3 is 2.30 bits per heavy atom. The maximum Gasteiger partial charge on any atom is 0.251 e. The number of benzene rings is 3. The lowest BCUT2D eigenvalue weighted by atomic mass is 10.0. The van der Waals surface area contributed by atoms with Gasteiger partial charge in [-0.15, -0.1) is 0 Å². The number of carbonyl (C=O) groups is 1. The highest BCUT2D eigenvalue weighted by Gasteiger charge is 2.23. The zero-order valence-electron chi connectivity index (χ0n) is 16.2. The topological polar surface area (TPSA) is 70.2 Å². The monoisotopic (exact) mass is 419 g/mol. The molecule has 0 aliphatic carbocycles. The van der Waals surface area contributed by atoms with Gasteiger partial charge in [-0.3, -0.25) is 10.2 Å². The van der Waals surface area contributed by atoms with E-state index in [1.807, 2.05) is 42.5 Å². The van der Waals surface area contributed by atoms with Gasteiger partial charge in [0.05, 0.1) is 11.1 Å². The van der Waals surface area contributed by atoms with Gasteiger partial charge in [0.1, 0.15) is 17.7 Å². The predicted molar refractivity (Wildman–Crippen MR) is 117 cm³/mol. The molecule has 1 unspecified atom stereocenters. The first-order chi connectivity index (χ1) is 14.4. The average molecular weight is 420 g/mol. The Morgan fingerprint density at radius 2 is 1.67 bits per heavy atom. The van der Waals surface area contributed by atoms with Crippen LogP contribution in [-0.2, 0) is 0 Å². The number of halogens is 2. The van der Waals surface area contributed by atoms with Crippen LogP contribution in [0.3, 0.4) is 0 Å². The van der Waals surface area contributed by atoms with Crippen molar-refractivity contribution in [1.82, 2.24) is 4.90 Å². The van der Waals surface area contributed by atoms with Crippen LogP contribution in [0.5, 0.6) is 0 Å². The van der Waals surface area contributed by atoms with E-state index in [2.05, 4.69) is 11.8 Å². The molecule has 30 heavy (non-hydrogen) atoms. The fraction of sp³-hybridized carbons (Fsp3) is 0.0833. The molecule has 0 heterocycles. The van der Waals surface area contributed by atoms with Gasteiger partial charge in [-0.1, -0.05) is 59.8 Å². The molecule has 0 saturated heterocycles. The lowest BCUT2D eigenvalue weighted by Crippen LogP contribution is -2.32. The summed E-state index contributed by atoms with van der Waals surface area (Å²) in [5.41, 5.74) is 6.56. The summed E-state index contributed by atoms with van der Waals surface area (Å²) < 4.78 is 14.8. The average Bonchev–Trinajstić information content (AvgIpc) is 2.75. The Hall–Kier alpha value is -3.62. The first kappa shape index (κ1) is 21.1. The largest absolute Gasteiger partial charge is 0.366 e. The van der Waals surface area contributed by atoms with Crippen LogP contribution in [0.1, 0.15) is 33.1 Å². The second-order valence-corrected chi connectivity index (χ2v) is 7.02. The third kappa shape index (κ3) is 4.68. The summed E-state index contributed by atoms with van der Waals surface area (Å²) in [5.74, 6) is 4.42. The van der Waals surface area contributed by atoms with Crippen LogP contribution in [-0.4, -0.2) is 23.7 Å². The van der Waals surface area contributed by atoms with Crippen LogP contribution in [0, 0.1) is 23.1 Å². The van der Waals surface area contributed by atoms with Crippen LogP contribution in [0.15, 0.2) is 72.8 Å². The third-order valence-corrected chi connectivity index (χ3v) is 4.82. The molecule has 6 heteroatoms.